The van der Waals surface area contributed by atoms with E-state index in [4.69, 9.17) is 4.74 Å². The predicted molar refractivity (Wildman–Crippen MR) is 127 cm³/mol. The number of carbonyl (C=O) groups is 1. The van der Waals surface area contributed by atoms with Crippen molar-refractivity contribution in [3.63, 3.8) is 0 Å². The zero-order valence-electron chi connectivity index (χ0n) is 18.8. The van der Waals surface area contributed by atoms with E-state index in [1.165, 1.54) is 22.5 Å². The fourth-order valence-electron chi connectivity index (χ4n) is 4.57. The van der Waals surface area contributed by atoms with Crippen molar-refractivity contribution >= 4 is 17.3 Å². The number of nitrogens with one attached hydrogen (secondary N) is 1. The zero-order valence-corrected chi connectivity index (χ0v) is 18.8. The highest BCUT2D eigenvalue weighted by Crippen LogP contribution is 2.25. The number of hydrogen-bond donors (Lipinski definition) is 1. The van der Waals surface area contributed by atoms with Crippen molar-refractivity contribution in [2.24, 2.45) is 0 Å². The Balaban J connectivity index is 1.15. The standard InChI is InChI=1S/C26H35N3O2/c1-20-8-9-23(18-21(20)2)27-22-10-12-25(13-11-22)31-19-26(30)29-16-14-28(15-17-29)24-6-4-3-5-7-24/h3-9,18,22,25,27H,10-17,19H2,1-2H3. The lowest BCUT2D eigenvalue weighted by Crippen LogP contribution is -2.50. The van der Waals surface area contributed by atoms with Crippen LogP contribution in [0.1, 0.15) is 36.8 Å². The topological polar surface area (TPSA) is 44.8 Å². The van der Waals surface area contributed by atoms with Gasteiger partial charge in [-0.15, -0.1) is 0 Å². The van der Waals surface area contributed by atoms with Gasteiger partial charge in [0.15, 0.2) is 0 Å². The van der Waals surface area contributed by atoms with E-state index < -0.39 is 0 Å². The third-order valence-corrected chi connectivity index (χ3v) is 6.75. The molecule has 0 aromatic heterocycles. The molecule has 1 aliphatic carbocycles. The molecule has 0 spiro atoms. The van der Waals surface area contributed by atoms with E-state index in [1.54, 1.807) is 0 Å². The summed E-state index contributed by atoms with van der Waals surface area (Å²) in [4.78, 5) is 16.9. The van der Waals surface area contributed by atoms with Gasteiger partial charge in [0.2, 0.25) is 5.91 Å². The number of para-hydroxylation sites is 1. The Labute approximate surface area is 186 Å². The molecule has 166 valence electrons. The van der Waals surface area contributed by atoms with Gasteiger partial charge >= 0.3 is 0 Å². The number of ether oxygens (including phenoxy) is 1. The summed E-state index contributed by atoms with van der Waals surface area (Å²) in [6, 6.07) is 17.5. The summed E-state index contributed by atoms with van der Waals surface area (Å²) in [6.07, 6.45) is 4.39. The number of anilines is 2. The molecule has 0 radical (unpaired) electrons. The van der Waals surface area contributed by atoms with Crippen LogP contribution >= 0.6 is 0 Å². The number of hydrogen-bond acceptors (Lipinski definition) is 4. The van der Waals surface area contributed by atoms with Crippen LogP contribution in [0.4, 0.5) is 11.4 Å². The van der Waals surface area contributed by atoms with E-state index in [0.717, 1.165) is 51.9 Å². The van der Waals surface area contributed by atoms with E-state index in [1.807, 2.05) is 11.0 Å². The molecule has 31 heavy (non-hydrogen) atoms. The molecule has 1 N–H and O–H groups in total. The Hall–Kier alpha value is -2.53. The van der Waals surface area contributed by atoms with Crippen LogP contribution < -0.4 is 10.2 Å². The van der Waals surface area contributed by atoms with E-state index in [2.05, 4.69) is 66.5 Å². The van der Waals surface area contributed by atoms with Crippen LogP contribution in [-0.2, 0) is 9.53 Å². The lowest BCUT2D eigenvalue weighted by Gasteiger charge is -2.36. The van der Waals surface area contributed by atoms with Gasteiger partial charge in [-0.25, -0.2) is 0 Å². The van der Waals surface area contributed by atoms with Crippen LogP contribution in [0.5, 0.6) is 0 Å². The minimum absolute atomic E-state index is 0.128. The molecule has 1 amide bonds. The highest BCUT2D eigenvalue weighted by atomic mass is 16.5. The third kappa shape index (κ3) is 5.79. The Morgan fingerprint density at radius 3 is 2.32 bits per heavy atom. The Morgan fingerprint density at radius 2 is 1.65 bits per heavy atom. The first-order chi connectivity index (χ1) is 15.1. The summed E-state index contributed by atoms with van der Waals surface area (Å²) >= 11 is 0. The number of aryl methyl sites for hydroxylation is 2. The Kier molecular flexibility index (Phi) is 7.13. The largest absolute Gasteiger partial charge is 0.382 e. The lowest BCUT2D eigenvalue weighted by atomic mass is 9.92. The van der Waals surface area contributed by atoms with Gasteiger partial charge in [0, 0.05) is 43.6 Å². The first-order valence-corrected chi connectivity index (χ1v) is 11.6. The average Bonchev–Trinajstić information content (AvgIpc) is 2.81. The van der Waals surface area contributed by atoms with Crippen LogP contribution in [0.25, 0.3) is 0 Å². The smallest absolute Gasteiger partial charge is 0.248 e. The summed E-state index contributed by atoms with van der Waals surface area (Å²) in [6.45, 7) is 7.81. The van der Waals surface area contributed by atoms with Gasteiger partial charge in [-0.2, -0.15) is 0 Å². The van der Waals surface area contributed by atoms with E-state index in [-0.39, 0.29) is 18.6 Å². The molecule has 1 saturated carbocycles. The molecule has 2 aromatic rings. The van der Waals surface area contributed by atoms with Crippen LogP contribution in [0.2, 0.25) is 0 Å². The van der Waals surface area contributed by atoms with Crippen LogP contribution in [0, 0.1) is 13.8 Å². The third-order valence-electron chi connectivity index (χ3n) is 6.75. The fraction of sp³-hybridized carbons (Fsp3) is 0.500. The maximum Gasteiger partial charge on any atom is 0.248 e. The molecule has 5 heteroatoms. The maximum atomic E-state index is 12.6. The van der Waals surface area contributed by atoms with E-state index in [0.29, 0.717) is 6.04 Å². The number of carbonyl (C=O) groups excluding carboxylic acids is 1. The minimum atomic E-state index is 0.128. The number of rotatable bonds is 6. The van der Waals surface area contributed by atoms with E-state index in [9.17, 15) is 4.79 Å². The first-order valence-electron chi connectivity index (χ1n) is 11.6. The highest BCUT2D eigenvalue weighted by molar-refractivity contribution is 5.77. The first kappa shape index (κ1) is 21.7. The van der Waals surface area contributed by atoms with Crippen molar-refractivity contribution in [2.75, 3.05) is 43.0 Å². The van der Waals surface area contributed by atoms with Gasteiger partial charge < -0.3 is 19.9 Å². The van der Waals surface area contributed by atoms with Gasteiger partial charge in [-0.1, -0.05) is 24.3 Å². The molecule has 1 aliphatic heterocycles. The molecule has 5 nitrogen and oxygen atoms in total. The van der Waals surface area contributed by atoms with Gasteiger partial charge in [-0.3, -0.25) is 4.79 Å². The molecule has 4 rings (SSSR count). The van der Waals surface area contributed by atoms with Crippen molar-refractivity contribution in [1.29, 1.82) is 0 Å². The number of amides is 1. The molecule has 1 saturated heterocycles. The minimum Gasteiger partial charge on any atom is -0.382 e. The van der Waals surface area contributed by atoms with Gasteiger partial charge in [0.05, 0.1) is 6.10 Å². The second kappa shape index (κ2) is 10.2. The van der Waals surface area contributed by atoms with Crippen LogP contribution in [-0.4, -0.2) is 55.7 Å². The molecule has 2 aliphatic rings. The van der Waals surface area contributed by atoms with Crippen molar-refractivity contribution in [1.82, 2.24) is 4.90 Å². The average molecular weight is 422 g/mol. The summed E-state index contributed by atoms with van der Waals surface area (Å²) in [5, 5.41) is 3.67. The normalized spacial score (nSPS) is 21.7. The van der Waals surface area contributed by atoms with Gasteiger partial charge in [0.25, 0.3) is 0 Å². The second-order valence-electron chi connectivity index (χ2n) is 8.93. The molecule has 0 bridgehead atoms. The fourth-order valence-corrected chi connectivity index (χ4v) is 4.57. The molecule has 0 unspecified atom stereocenters. The van der Waals surface area contributed by atoms with Crippen LogP contribution in [0.15, 0.2) is 48.5 Å². The van der Waals surface area contributed by atoms with Crippen LogP contribution in [0.3, 0.4) is 0 Å². The monoisotopic (exact) mass is 421 g/mol. The number of nitrogens with zero attached hydrogens (tertiary/aromatic N) is 2. The van der Waals surface area contributed by atoms with E-state index >= 15 is 0 Å². The molecule has 0 atom stereocenters. The van der Waals surface area contributed by atoms with Gasteiger partial charge in [-0.05, 0) is 74.9 Å². The van der Waals surface area contributed by atoms with Crippen molar-refractivity contribution in [3.8, 4) is 0 Å². The Morgan fingerprint density at radius 1 is 0.935 bits per heavy atom. The predicted octanol–water partition coefficient (Wildman–Crippen LogP) is 4.39. The van der Waals surface area contributed by atoms with Crippen molar-refractivity contribution in [3.05, 3.63) is 59.7 Å². The van der Waals surface area contributed by atoms with Crippen molar-refractivity contribution < 1.29 is 9.53 Å². The zero-order chi connectivity index (χ0) is 21.6. The van der Waals surface area contributed by atoms with Crippen molar-refractivity contribution in [2.45, 2.75) is 51.7 Å². The number of benzene rings is 2. The second-order valence-corrected chi connectivity index (χ2v) is 8.93. The highest BCUT2D eigenvalue weighted by Gasteiger charge is 2.25. The SMILES string of the molecule is Cc1ccc(NC2CCC(OCC(=O)N3CCN(c4ccccc4)CC3)CC2)cc1C. The Bertz CT molecular complexity index is 854. The quantitative estimate of drug-likeness (QED) is 0.751. The molecular formula is C26H35N3O2. The summed E-state index contributed by atoms with van der Waals surface area (Å²) < 4.78 is 6.01. The summed E-state index contributed by atoms with van der Waals surface area (Å²) in [7, 11) is 0. The molecule has 2 aromatic carbocycles. The summed E-state index contributed by atoms with van der Waals surface area (Å²) in [5.41, 5.74) is 5.09. The molecule has 2 fully saturated rings. The lowest BCUT2D eigenvalue weighted by molar-refractivity contribution is -0.139. The number of piperazine rings is 1. The molecular weight excluding hydrogens is 386 g/mol. The molecule has 1 heterocycles. The van der Waals surface area contributed by atoms with Gasteiger partial charge in [0.1, 0.15) is 6.61 Å². The maximum absolute atomic E-state index is 12.6. The summed E-state index contributed by atoms with van der Waals surface area (Å²) in [5.74, 6) is 0.128.